The molecule has 2 aliphatic rings. The third-order valence-corrected chi connectivity index (χ3v) is 6.11. The number of piperidine rings is 1. The van der Waals surface area contributed by atoms with Crippen LogP contribution in [0.25, 0.3) is 11.4 Å². The van der Waals surface area contributed by atoms with E-state index in [2.05, 4.69) is 20.4 Å². The molecule has 32 heavy (non-hydrogen) atoms. The van der Waals surface area contributed by atoms with Crippen molar-refractivity contribution in [1.29, 1.82) is 0 Å². The van der Waals surface area contributed by atoms with Gasteiger partial charge in [-0.1, -0.05) is 47.1 Å². The maximum Gasteiger partial charge on any atom is 0.244 e. The number of hydrogen-bond acceptors (Lipinski definition) is 6. The number of rotatable bonds is 4. The number of aromatic nitrogens is 2. The molecule has 3 aromatic rings. The zero-order valence-electron chi connectivity index (χ0n) is 18.0. The lowest BCUT2D eigenvalue weighted by atomic mass is 9.94. The first-order valence-corrected chi connectivity index (χ1v) is 10.9. The van der Waals surface area contributed by atoms with Gasteiger partial charge in [-0.2, -0.15) is 4.98 Å². The van der Waals surface area contributed by atoms with Crippen LogP contribution < -0.4 is 10.2 Å². The van der Waals surface area contributed by atoms with Crippen molar-refractivity contribution in [3.8, 4) is 11.4 Å². The van der Waals surface area contributed by atoms with E-state index < -0.39 is 0 Å². The largest absolute Gasteiger partial charge is 0.338 e. The zero-order chi connectivity index (χ0) is 22.1. The van der Waals surface area contributed by atoms with E-state index in [1.54, 1.807) is 4.90 Å². The van der Waals surface area contributed by atoms with E-state index in [1.807, 2.05) is 55.5 Å². The monoisotopic (exact) mass is 431 g/mol. The number of fused-ring (bicyclic) bond motifs is 1. The molecule has 3 heterocycles. The van der Waals surface area contributed by atoms with Crippen LogP contribution in [-0.2, 0) is 16.1 Å². The van der Waals surface area contributed by atoms with Gasteiger partial charge in [0.2, 0.25) is 23.5 Å². The lowest BCUT2D eigenvalue weighted by Crippen LogP contribution is -2.47. The average Bonchev–Trinajstić information content (AvgIpc) is 3.27. The summed E-state index contributed by atoms with van der Waals surface area (Å²) in [6, 6.07) is 15.5. The second-order valence-corrected chi connectivity index (χ2v) is 8.42. The Balaban J connectivity index is 1.19. The molecule has 8 heteroatoms. The highest BCUT2D eigenvalue weighted by atomic mass is 16.5. The SMILES string of the molecule is Cc1ccc(-c2noc(CN3CCC(C(=O)N4CC(=O)Nc5ccccc54)CC3)n2)cc1. The first kappa shape index (κ1) is 20.4. The van der Waals surface area contributed by atoms with Crippen LogP contribution in [0.1, 0.15) is 24.3 Å². The molecule has 0 unspecified atom stereocenters. The average molecular weight is 431 g/mol. The standard InChI is InChI=1S/C24H25N5O3/c1-16-6-8-17(9-7-16)23-26-22(32-27-23)15-28-12-10-18(11-13-28)24(31)29-14-21(30)25-19-4-2-3-5-20(19)29/h2-9,18H,10-15H2,1H3,(H,25,30). The van der Waals surface area contributed by atoms with Crippen LogP contribution >= 0.6 is 0 Å². The van der Waals surface area contributed by atoms with Crippen molar-refractivity contribution in [2.45, 2.75) is 26.3 Å². The van der Waals surface area contributed by atoms with Gasteiger partial charge in [-0.3, -0.25) is 14.5 Å². The maximum absolute atomic E-state index is 13.2. The van der Waals surface area contributed by atoms with Gasteiger partial charge in [0.1, 0.15) is 6.54 Å². The van der Waals surface area contributed by atoms with E-state index in [0.717, 1.165) is 37.2 Å². The molecule has 1 saturated heterocycles. The van der Waals surface area contributed by atoms with Crippen LogP contribution in [0.4, 0.5) is 11.4 Å². The highest BCUT2D eigenvalue weighted by Crippen LogP contribution is 2.32. The number of para-hydroxylation sites is 2. The predicted molar refractivity (Wildman–Crippen MR) is 120 cm³/mol. The number of nitrogens with zero attached hydrogens (tertiary/aromatic N) is 4. The lowest BCUT2D eigenvalue weighted by molar-refractivity contribution is -0.126. The first-order valence-electron chi connectivity index (χ1n) is 10.9. The van der Waals surface area contributed by atoms with Crippen LogP contribution in [0, 0.1) is 12.8 Å². The fraction of sp³-hybridized carbons (Fsp3) is 0.333. The van der Waals surface area contributed by atoms with E-state index in [9.17, 15) is 9.59 Å². The Morgan fingerprint density at radius 2 is 1.88 bits per heavy atom. The molecule has 1 fully saturated rings. The van der Waals surface area contributed by atoms with Gasteiger partial charge in [0.15, 0.2) is 0 Å². The van der Waals surface area contributed by atoms with Crippen molar-refractivity contribution in [3.63, 3.8) is 0 Å². The van der Waals surface area contributed by atoms with E-state index in [1.165, 1.54) is 5.56 Å². The molecule has 0 spiro atoms. The van der Waals surface area contributed by atoms with Gasteiger partial charge in [-0.05, 0) is 45.0 Å². The van der Waals surface area contributed by atoms with E-state index in [4.69, 9.17) is 4.52 Å². The number of amides is 2. The molecule has 0 atom stereocenters. The molecule has 2 amide bonds. The van der Waals surface area contributed by atoms with E-state index in [-0.39, 0.29) is 24.3 Å². The molecule has 0 aliphatic carbocycles. The molecule has 8 nitrogen and oxygen atoms in total. The minimum Gasteiger partial charge on any atom is -0.338 e. The minimum absolute atomic E-state index is 0.0198. The maximum atomic E-state index is 13.2. The van der Waals surface area contributed by atoms with Gasteiger partial charge < -0.3 is 14.7 Å². The second-order valence-electron chi connectivity index (χ2n) is 8.42. The summed E-state index contributed by atoms with van der Waals surface area (Å²) in [4.78, 5) is 33.6. The summed E-state index contributed by atoms with van der Waals surface area (Å²) in [6.45, 7) is 4.20. The highest BCUT2D eigenvalue weighted by Gasteiger charge is 2.33. The number of carbonyl (C=O) groups is 2. The van der Waals surface area contributed by atoms with E-state index >= 15 is 0 Å². The quantitative estimate of drug-likeness (QED) is 0.682. The van der Waals surface area contributed by atoms with Crippen molar-refractivity contribution in [1.82, 2.24) is 15.0 Å². The smallest absolute Gasteiger partial charge is 0.244 e. The van der Waals surface area contributed by atoms with Crippen LogP contribution in [0.2, 0.25) is 0 Å². The Kier molecular flexibility index (Phi) is 5.45. The number of carbonyl (C=O) groups excluding carboxylic acids is 2. The van der Waals surface area contributed by atoms with Crippen molar-refractivity contribution in [3.05, 3.63) is 60.0 Å². The molecule has 164 valence electrons. The minimum atomic E-state index is -0.157. The van der Waals surface area contributed by atoms with Crippen LogP contribution in [0.15, 0.2) is 53.1 Å². The summed E-state index contributed by atoms with van der Waals surface area (Å²) in [7, 11) is 0. The summed E-state index contributed by atoms with van der Waals surface area (Å²) in [5.41, 5.74) is 3.58. The molecule has 0 bridgehead atoms. The van der Waals surface area contributed by atoms with Gasteiger partial charge in [-0.25, -0.2) is 0 Å². The van der Waals surface area contributed by atoms with Gasteiger partial charge in [0.05, 0.1) is 17.9 Å². The van der Waals surface area contributed by atoms with Crippen molar-refractivity contribution >= 4 is 23.2 Å². The fourth-order valence-corrected chi connectivity index (χ4v) is 4.32. The van der Waals surface area contributed by atoms with E-state index in [0.29, 0.717) is 23.9 Å². The zero-order valence-corrected chi connectivity index (χ0v) is 18.0. The van der Waals surface area contributed by atoms with Crippen LogP contribution in [0.3, 0.4) is 0 Å². The molecule has 0 saturated carbocycles. The van der Waals surface area contributed by atoms with Gasteiger partial charge in [0.25, 0.3) is 0 Å². The van der Waals surface area contributed by atoms with Crippen molar-refractivity contribution in [2.75, 3.05) is 29.9 Å². The third kappa shape index (κ3) is 4.13. The summed E-state index contributed by atoms with van der Waals surface area (Å²) in [6.07, 6.45) is 1.47. The summed E-state index contributed by atoms with van der Waals surface area (Å²) >= 11 is 0. The predicted octanol–water partition coefficient (Wildman–Crippen LogP) is 3.24. The number of nitrogens with one attached hydrogen (secondary N) is 1. The Morgan fingerprint density at radius 1 is 1.12 bits per heavy atom. The molecular weight excluding hydrogens is 406 g/mol. The number of anilines is 2. The molecule has 2 aromatic carbocycles. The Labute approximate surface area is 186 Å². The molecule has 2 aliphatic heterocycles. The molecule has 1 N–H and O–H groups in total. The van der Waals surface area contributed by atoms with Crippen molar-refractivity contribution < 1.29 is 14.1 Å². The topological polar surface area (TPSA) is 91.6 Å². The third-order valence-electron chi connectivity index (χ3n) is 6.11. The molecular formula is C24H25N5O3. The van der Waals surface area contributed by atoms with Crippen molar-refractivity contribution in [2.24, 2.45) is 5.92 Å². The summed E-state index contributed by atoms with van der Waals surface area (Å²) in [5.74, 6) is 0.928. The molecule has 1 aromatic heterocycles. The Morgan fingerprint density at radius 3 is 2.66 bits per heavy atom. The Hall–Kier alpha value is -3.52. The van der Waals surface area contributed by atoms with Crippen LogP contribution in [-0.4, -0.2) is 46.5 Å². The van der Waals surface area contributed by atoms with Gasteiger partial charge >= 0.3 is 0 Å². The Bertz CT molecular complexity index is 1130. The molecule has 5 rings (SSSR count). The fourth-order valence-electron chi connectivity index (χ4n) is 4.32. The van der Waals surface area contributed by atoms with Gasteiger partial charge in [-0.15, -0.1) is 0 Å². The molecule has 0 radical (unpaired) electrons. The second kappa shape index (κ2) is 8.55. The first-order chi connectivity index (χ1) is 15.6. The summed E-state index contributed by atoms with van der Waals surface area (Å²) in [5, 5.41) is 6.94. The normalized spacial score (nSPS) is 17.2. The number of aryl methyl sites for hydroxylation is 1. The lowest BCUT2D eigenvalue weighted by Gasteiger charge is -2.35. The van der Waals surface area contributed by atoms with Crippen LogP contribution in [0.5, 0.6) is 0 Å². The highest BCUT2D eigenvalue weighted by molar-refractivity contribution is 6.10. The number of likely N-dealkylation sites (tertiary alicyclic amines) is 1. The summed E-state index contributed by atoms with van der Waals surface area (Å²) < 4.78 is 5.45. The number of benzene rings is 2. The van der Waals surface area contributed by atoms with Gasteiger partial charge in [0, 0.05) is 11.5 Å². The number of hydrogen-bond donors (Lipinski definition) is 1.